The highest BCUT2D eigenvalue weighted by Gasteiger charge is 2.25. The van der Waals surface area contributed by atoms with Crippen molar-refractivity contribution in [3.8, 4) is 11.5 Å². The van der Waals surface area contributed by atoms with E-state index < -0.39 is 6.10 Å². The maximum absolute atomic E-state index is 12.4. The van der Waals surface area contributed by atoms with E-state index in [0.717, 1.165) is 17.7 Å². The van der Waals surface area contributed by atoms with Crippen LogP contribution in [0.3, 0.4) is 0 Å². The average Bonchev–Trinajstić information content (AvgIpc) is 2.55. The van der Waals surface area contributed by atoms with Crippen LogP contribution in [0.5, 0.6) is 11.5 Å². The van der Waals surface area contributed by atoms with Gasteiger partial charge in [0.1, 0.15) is 11.5 Å². The summed E-state index contributed by atoms with van der Waals surface area (Å²) in [6.45, 7) is 2.31. The first-order chi connectivity index (χ1) is 11.1. The lowest BCUT2D eigenvalue weighted by atomic mass is 10.0. The normalized spacial score (nSPS) is 17.6. The number of carbonyl (C=O) groups is 1. The Morgan fingerprint density at radius 3 is 2.96 bits per heavy atom. The van der Waals surface area contributed by atoms with Crippen LogP contribution in [0, 0.1) is 0 Å². The van der Waals surface area contributed by atoms with Crippen molar-refractivity contribution < 1.29 is 14.3 Å². The number of hydrogen-bond acceptors (Lipinski definition) is 3. The third-order valence-corrected chi connectivity index (χ3v) is 3.99. The van der Waals surface area contributed by atoms with Crippen LogP contribution in [0.15, 0.2) is 48.5 Å². The van der Waals surface area contributed by atoms with Gasteiger partial charge in [0.2, 0.25) is 0 Å². The summed E-state index contributed by atoms with van der Waals surface area (Å²) in [5.74, 6) is 1.24. The molecule has 2 unspecified atom stereocenters. The number of ether oxygens (including phenoxy) is 2. The number of hydrogen-bond donors (Lipinski definition) is 1. The molecule has 0 bridgehead atoms. The molecule has 0 aliphatic carbocycles. The summed E-state index contributed by atoms with van der Waals surface area (Å²) in [5.41, 5.74) is 1.00. The molecule has 1 aliphatic heterocycles. The number of amides is 1. The summed E-state index contributed by atoms with van der Waals surface area (Å²) >= 11 is 5.93. The van der Waals surface area contributed by atoms with Gasteiger partial charge < -0.3 is 14.8 Å². The second-order valence-electron chi connectivity index (χ2n) is 5.45. The molecule has 0 saturated heterocycles. The lowest BCUT2D eigenvalue weighted by Crippen LogP contribution is -2.40. The molecule has 0 radical (unpaired) electrons. The zero-order valence-electron chi connectivity index (χ0n) is 12.8. The molecule has 2 atom stereocenters. The Morgan fingerprint density at radius 1 is 1.30 bits per heavy atom. The van der Waals surface area contributed by atoms with Gasteiger partial charge in [-0.25, -0.2) is 0 Å². The molecule has 1 aliphatic rings. The molecule has 0 aromatic heterocycles. The maximum Gasteiger partial charge on any atom is 0.261 e. The predicted molar refractivity (Wildman–Crippen MR) is 89.0 cm³/mol. The second kappa shape index (κ2) is 6.92. The van der Waals surface area contributed by atoms with Crippen LogP contribution in [0.1, 0.15) is 24.9 Å². The topological polar surface area (TPSA) is 47.6 Å². The molecule has 120 valence electrons. The van der Waals surface area contributed by atoms with E-state index in [1.54, 1.807) is 31.2 Å². The van der Waals surface area contributed by atoms with E-state index >= 15 is 0 Å². The number of rotatable bonds is 4. The van der Waals surface area contributed by atoms with E-state index in [1.165, 1.54) is 0 Å². The Labute approximate surface area is 140 Å². The van der Waals surface area contributed by atoms with E-state index in [9.17, 15) is 4.79 Å². The van der Waals surface area contributed by atoms with Crippen LogP contribution < -0.4 is 14.8 Å². The average molecular weight is 332 g/mol. The first-order valence-electron chi connectivity index (χ1n) is 7.58. The van der Waals surface area contributed by atoms with Crippen LogP contribution in [0.25, 0.3) is 0 Å². The van der Waals surface area contributed by atoms with Gasteiger partial charge in [0.05, 0.1) is 12.6 Å². The molecule has 3 rings (SSSR count). The lowest BCUT2D eigenvalue weighted by molar-refractivity contribution is -0.128. The minimum Gasteiger partial charge on any atom is -0.493 e. The SMILES string of the molecule is CC(Oc1cccc(Cl)c1)C(=O)NC1CCOc2ccccc21. The van der Waals surface area contributed by atoms with Gasteiger partial charge in [-0.05, 0) is 31.2 Å². The van der Waals surface area contributed by atoms with Gasteiger partial charge in [-0.2, -0.15) is 0 Å². The van der Waals surface area contributed by atoms with Crippen LogP contribution in [-0.4, -0.2) is 18.6 Å². The van der Waals surface area contributed by atoms with Gasteiger partial charge in [0.15, 0.2) is 6.10 Å². The molecule has 4 nitrogen and oxygen atoms in total. The minimum absolute atomic E-state index is 0.0575. The summed E-state index contributed by atoms with van der Waals surface area (Å²) in [7, 11) is 0. The zero-order valence-corrected chi connectivity index (χ0v) is 13.5. The van der Waals surface area contributed by atoms with Crippen LogP contribution in [0.4, 0.5) is 0 Å². The van der Waals surface area contributed by atoms with Crippen molar-refractivity contribution in [1.29, 1.82) is 0 Å². The van der Waals surface area contributed by atoms with Gasteiger partial charge in [0.25, 0.3) is 5.91 Å². The van der Waals surface area contributed by atoms with Crippen LogP contribution in [0.2, 0.25) is 5.02 Å². The van der Waals surface area contributed by atoms with E-state index in [4.69, 9.17) is 21.1 Å². The summed E-state index contributed by atoms with van der Waals surface area (Å²) in [5, 5.41) is 3.61. The third-order valence-electron chi connectivity index (χ3n) is 3.75. The molecule has 1 N–H and O–H groups in total. The van der Waals surface area contributed by atoms with Crippen LogP contribution in [-0.2, 0) is 4.79 Å². The molecule has 23 heavy (non-hydrogen) atoms. The highest BCUT2D eigenvalue weighted by atomic mass is 35.5. The third kappa shape index (κ3) is 3.77. The molecule has 0 saturated carbocycles. The predicted octanol–water partition coefficient (Wildman–Crippen LogP) is 3.75. The number of halogens is 1. The first kappa shape index (κ1) is 15.7. The number of benzene rings is 2. The standard InChI is InChI=1S/C18H18ClNO3/c1-12(23-14-6-4-5-13(19)11-14)18(21)20-16-9-10-22-17-8-3-2-7-15(16)17/h2-8,11-12,16H,9-10H2,1H3,(H,20,21). The highest BCUT2D eigenvalue weighted by molar-refractivity contribution is 6.30. The second-order valence-corrected chi connectivity index (χ2v) is 5.89. The minimum atomic E-state index is -0.608. The van der Waals surface area contributed by atoms with Gasteiger partial charge in [-0.3, -0.25) is 4.79 Å². The highest BCUT2D eigenvalue weighted by Crippen LogP contribution is 2.31. The maximum atomic E-state index is 12.4. The molecule has 5 heteroatoms. The molecular formula is C18H18ClNO3. The summed E-state index contributed by atoms with van der Waals surface area (Å²) in [6.07, 6.45) is 0.135. The number of carbonyl (C=O) groups excluding carboxylic acids is 1. The van der Waals surface area contributed by atoms with Gasteiger partial charge in [-0.1, -0.05) is 35.9 Å². The summed E-state index contributed by atoms with van der Waals surface area (Å²) < 4.78 is 11.3. The van der Waals surface area contributed by atoms with Crippen molar-refractivity contribution >= 4 is 17.5 Å². The lowest BCUT2D eigenvalue weighted by Gasteiger charge is -2.27. The quantitative estimate of drug-likeness (QED) is 0.928. The Morgan fingerprint density at radius 2 is 2.13 bits per heavy atom. The van der Waals surface area contributed by atoms with E-state index in [2.05, 4.69) is 5.32 Å². The summed E-state index contributed by atoms with van der Waals surface area (Å²) in [6, 6.07) is 14.7. The largest absolute Gasteiger partial charge is 0.493 e. The Kier molecular flexibility index (Phi) is 4.72. The van der Waals surface area contributed by atoms with E-state index in [1.807, 2.05) is 24.3 Å². The molecule has 2 aromatic carbocycles. The number of para-hydroxylation sites is 1. The van der Waals surface area contributed by atoms with Crippen LogP contribution >= 0.6 is 11.6 Å². The molecule has 0 spiro atoms. The van der Waals surface area contributed by atoms with E-state index in [0.29, 0.717) is 17.4 Å². The number of fused-ring (bicyclic) bond motifs is 1. The van der Waals surface area contributed by atoms with Gasteiger partial charge in [-0.15, -0.1) is 0 Å². The Balaban J connectivity index is 1.65. The molecule has 1 heterocycles. The van der Waals surface area contributed by atoms with Gasteiger partial charge >= 0.3 is 0 Å². The fraction of sp³-hybridized carbons (Fsp3) is 0.278. The van der Waals surface area contributed by atoms with Crippen molar-refractivity contribution in [1.82, 2.24) is 5.32 Å². The molecule has 2 aromatic rings. The fourth-order valence-electron chi connectivity index (χ4n) is 2.58. The number of nitrogens with one attached hydrogen (secondary N) is 1. The monoisotopic (exact) mass is 331 g/mol. The zero-order chi connectivity index (χ0) is 16.2. The Hall–Kier alpha value is -2.20. The summed E-state index contributed by atoms with van der Waals surface area (Å²) in [4.78, 5) is 12.4. The molecule has 1 amide bonds. The fourth-order valence-corrected chi connectivity index (χ4v) is 2.76. The van der Waals surface area contributed by atoms with Crippen molar-refractivity contribution in [2.75, 3.05) is 6.61 Å². The van der Waals surface area contributed by atoms with Crippen molar-refractivity contribution in [2.24, 2.45) is 0 Å². The van der Waals surface area contributed by atoms with Crippen molar-refractivity contribution in [2.45, 2.75) is 25.5 Å². The smallest absolute Gasteiger partial charge is 0.261 e. The van der Waals surface area contributed by atoms with Crippen molar-refractivity contribution in [3.63, 3.8) is 0 Å². The first-order valence-corrected chi connectivity index (χ1v) is 7.95. The van der Waals surface area contributed by atoms with Gasteiger partial charge in [0, 0.05) is 17.0 Å². The van der Waals surface area contributed by atoms with E-state index in [-0.39, 0.29) is 11.9 Å². The Bertz CT molecular complexity index is 704. The molecular weight excluding hydrogens is 314 g/mol. The molecule has 0 fully saturated rings. The van der Waals surface area contributed by atoms with Crippen molar-refractivity contribution in [3.05, 3.63) is 59.1 Å².